The summed E-state index contributed by atoms with van der Waals surface area (Å²) >= 11 is 6.44. The lowest BCUT2D eigenvalue weighted by Gasteiger charge is -2.57. The van der Waals surface area contributed by atoms with E-state index < -0.39 is 0 Å². The fourth-order valence-corrected chi connectivity index (χ4v) is 7.34. The average Bonchev–Trinajstić information content (AvgIpc) is 2.67. The number of nitrogens with one attached hydrogen (secondary N) is 1. The number of benzene rings is 1. The van der Waals surface area contributed by atoms with Crippen molar-refractivity contribution in [2.75, 3.05) is 26.2 Å². The van der Waals surface area contributed by atoms with Gasteiger partial charge in [0, 0.05) is 44.7 Å². The lowest BCUT2D eigenvalue weighted by molar-refractivity contribution is -0.0570. The van der Waals surface area contributed by atoms with Gasteiger partial charge < -0.3 is 5.32 Å². The van der Waals surface area contributed by atoms with Crippen LogP contribution in [0.1, 0.15) is 67.3 Å². The molecule has 1 heterocycles. The third-order valence-corrected chi connectivity index (χ3v) is 8.32. The van der Waals surface area contributed by atoms with Crippen LogP contribution in [-0.2, 0) is 6.54 Å². The molecule has 0 amide bonds. The summed E-state index contributed by atoms with van der Waals surface area (Å²) in [4.78, 5) is 15.5. The van der Waals surface area contributed by atoms with Gasteiger partial charge in [-0.3, -0.25) is 9.69 Å². The van der Waals surface area contributed by atoms with Gasteiger partial charge in [-0.1, -0.05) is 17.7 Å². The number of nitrogens with zero attached hydrogens (tertiary/aromatic N) is 1. The van der Waals surface area contributed by atoms with Gasteiger partial charge in [0.05, 0.1) is 5.02 Å². The number of hydrogen-bond donors (Lipinski definition) is 1. The molecule has 1 saturated heterocycles. The van der Waals surface area contributed by atoms with E-state index in [2.05, 4.69) is 22.3 Å². The molecule has 3 nitrogen and oxygen atoms in total. The molecule has 28 heavy (non-hydrogen) atoms. The van der Waals surface area contributed by atoms with E-state index in [-0.39, 0.29) is 5.78 Å². The van der Waals surface area contributed by atoms with E-state index in [9.17, 15) is 4.79 Å². The van der Waals surface area contributed by atoms with Crippen molar-refractivity contribution in [1.82, 2.24) is 10.2 Å². The van der Waals surface area contributed by atoms with Gasteiger partial charge in [0.25, 0.3) is 0 Å². The van der Waals surface area contributed by atoms with Crippen LogP contribution in [0.2, 0.25) is 5.02 Å². The van der Waals surface area contributed by atoms with Crippen molar-refractivity contribution in [3.05, 3.63) is 34.3 Å². The Bertz CT molecular complexity index is 705. The van der Waals surface area contributed by atoms with Gasteiger partial charge in [0.15, 0.2) is 5.78 Å². The number of carbonyl (C=O) groups is 1. The van der Waals surface area contributed by atoms with E-state index in [1.54, 1.807) is 0 Å². The lowest BCUT2D eigenvalue weighted by Crippen LogP contribution is -2.46. The van der Waals surface area contributed by atoms with Gasteiger partial charge in [-0.2, -0.15) is 0 Å². The van der Waals surface area contributed by atoms with E-state index >= 15 is 0 Å². The number of rotatable bonds is 6. The molecule has 0 atom stereocenters. The second kappa shape index (κ2) is 7.74. The predicted octanol–water partition coefficient (Wildman–Crippen LogP) is 4.92. The topological polar surface area (TPSA) is 32.3 Å². The highest BCUT2D eigenvalue weighted by molar-refractivity contribution is 6.34. The third kappa shape index (κ3) is 3.91. The van der Waals surface area contributed by atoms with E-state index in [4.69, 9.17) is 11.6 Å². The summed E-state index contributed by atoms with van der Waals surface area (Å²) in [7, 11) is 0. The zero-order chi connectivity index (χ0) is 19.1. The number of hydrogen-bond acceptors (Lipinski definition) is 3. The van der Waals surface area contributed by atoms with Crippen LogP contribution in [0.25, 0.3) is 0 Å². The highest BCUT2D eigenvalue weighted by Crippen LogP contribution is 2.61. The Morgan fingerprint density at radius 3 is 2.36 bits per heavy atom. The fraction of sp³-hybridized carbons (Fsp3) is 0.708. The lowest BCUT2D eigenvalue weighted by atomic mass is 9.48. The third-order valence-electron chi connectivity index (χ3n) is 7.99. The van der Waals surface area contributed by atoms with E-state index in [0.29, 0.717) is 16.9 Å². The Morgan fingerprint density at radius 2 is 1.71 bits per heavy atom. The molecule has 1 aliphatic heterocycles. The van der Waals surface area contributed by atoms with Crippen LogP contribution in [0.4, 0.5) is 0 Å². The number of ketones is 1. The van der Waals surface area contributed by atoms with Crippen LogP contribution in [-0.4, -0.2) is 36.9 Å². The second-order valence-corrected chi connectivity index (χ2v) is 10.6. The molecule has 6 rings (SSSR count). The highest BCUT2D eigenvalue weighted by atomic mass is 35.5. The van der Waals surface area contributed by atoms with Crippen LogP contribution < -0.4 is 5.32 Å². The Kier molecular flexibility index (Phi) is 5.27. The quantitative estimate of drug-likeness (QED) is 0.687. The van der Waals surface area contributed by atoms with Crippen LogP contribution in [0.15, 0.2) is 18.2 Å². The van der Waals surface area contributed by atoms with Gasteiger partial charge in [0.1, 0.15) is 0 Å². The molecule has 4 saturated carbocycles. The maximum atomic E-state index is 13.1. The maximum Gasteiger partial charge on any atom is 0.164 e. The van der Waals surface area contributed by atoms with Gasteiger partial charge in [-0.05, 0) is 85.8 Å². The summed E-state index contributed by atoms with van der Waals surface area (Å²) < 4.78 is 0. The minimum Gasteiger partial charge on any atom is -0.314 e. The van der Waals surface area contributed by atoms with Gasteiger partial charge in [-0.15, -0.1) is 0 Å². The molecule has 4 heteroatoms. The van der Waals surface area contributed by atoms with Crippen molar-refractivity contribution >= 4 is 17.4 Å². The van der Waals surface area contributed by atoms with Crippen molar-refractivity contribution in [1.29, 1.82) is 0 Å². The summed E-state index contributed by atoms with van der Waals surface area (Å²) in [6, 6.07) is 6.07. The van der Waals surface area contributed by atoms with Gasteiger partial charge >= 0.3 is 0 Å². The first-order chi connectivity index (χ1) is 13.6. The normalized spacial score (nSPS) is 34.7. The number of carbonyl (C=O) groups excluding carboxylic acids is 1. The average molecular weight is 401 g/mol. The predicted molar refractivity (Wildman–Crippen MR) is 114 cm³/mol. The first-order valence-corrected chi connectivity index (χ1v) is 11.7. The molecule has 1 N–H and O–H groups in total. The van der Waals surface area contributed by atoms with E-state index in [1.165, 1.54) is 44.1 Å². The minimum atomic E-state index is 0.253. The zero-order valence-corrected chi connectivity index (χ0v) is 17.6. The molecule has 5 fully saturated rings. The van der Waals surface area contributed by atoms with Crippen LogP contribution in [0.3, 0.4) is 0 Å². The summed E-state index contributed by atoms with van der Waals surface area (Å²) in [6.07, 6.45) is 10.3. The molecule has 1 aromatic carbocycles. The molecule has 1 aromatic rings. The van der Waals surface area contributed by atoms with Crippen molar-refractivity contribution in [3.63, 3.8) is 0 Å². The largest absolute Gasteiger partial charge is 0.314 e. The maximum absolute atomic E-state index is 13.1. The van der Waals surface area contributed by atoms with E-state index in [1.807, 2.05) is 6.07 Å². The molecule has 0 aromatic heterocycles. The number of halogens is 1. The highest BCUT2D eigenvalue weighted by Gasteiger charge is 2.50. The zero-order valence-electron chi connectivity index (χ0n) is 16.9. The number of Topliss-reactive ketones (excluding diaryl/α,β-unsaturated/α-hetero) is 1. The second-order valence-electron chi connectivity index (χ2n) is 10.2. The first kappa shape index (κ1) is 19.1. The summed E-state index contributed by atoms with van der Waals surface area (Å²) in [5.74, 6) is 3.11. The van der Waals surface area contributed by atoms with Crippen molar-refractivity contribution in [2.45, 2.75) is 57.9 Å². The molecule has 5 aliphatic rings. The molecule has 4 bridgehead atoms. The fourth-order valence-electron chi connectivity index (χ4n) is 7.12. The molecule has 0 radical (unpaired) electrons. The molecule has 152 valence electrons. The SMILES string of the molecule is O=C(CCC12CC3CC(CC(C3)C1)C2)c1cc(CN2CCNCC2)ccc1Cl. The van der Waals surface area contributed by atoms with Crippen LogP contribution in [0, 0.1) is 23.2 Å². The Balaban J connectivity index is 1.24. The monoisotopic (exact) mass is 400 g/mol. The van der Waals surface area contributed by atoms with Gasteiger partial charge in [-0.25, -0.2) is 0 Å². The van der Waals surface area contributed by atoms with Crippen molar-refractivity contribution in [2.24, 2.45) is 23.2 Å². The smallest absolute Gasteiger partial charge is 0.164 e. The Labute approximate surface area is 174 Å². The first-order valence-electron chi connectivity index (χ1n) is 11.3. The summed E-state index contributed by atoms with van der Waals surface area (Å²) in [6.45, 7) is 5.14. The van der Waals surface area contributed by atoms with Crippen molar-refractivity contribution in [3.8, 4) is 0 Å². The van der Waals surface area contributed by atoms with Crippen molar-refractivity contribution < 1.29 is 4.79 Å². The van der Waals surface area contributed by atoms with Crippen LogP contribution >= 0.6 is 11.6 Å². The number of piperazine rings is 1. The standard InChI is InChI=1S/C24H33ClN2O/c25-22-2-1-17(16-27-7-5-26-6-8-27)12-21(22)23(28)3-4-24-13-18-9-19(14-24)11-20(10-18)15-24/h1-2,12,18-20,26H,3-11,13-16H2. The molecule has 4 aliphatic carbocycles. The van der Waals surface area contributed by atoms with Crippen LogP contribution in [0.5, 0.6) is 0 Å². The van der Waals surface area contributed by atoms with E-state index in [0.717, 1.165) is 62.5 Å². The molecular weight excluding hydrogens is 368 g/mol. The Hall–Kier alpha value is -0.900. The molecular formula is C24H33ClN2O. The molecule has 0 spiro atoms. The van der Waals surface area contributed by atoms with Gasteiger partial charge in [0.2, 0.25) is 0 Å². The molecule has 0 unspecified atom stereocenters. The Morgan fingerprint density at radius 1 is 1.07 bits per heavy atom. The summed E-state index contributed by atoms with van der Waals surface area (Å²) in [5.41, 5.74) is 2.43. The minimum absolute atomic E-state index is 0.253. The summed E-state index contributed by atoms with van der Waals surface area (Å²) in [5, 5.41) is 4.02.